The van der Waals surface area contributed by atoms with Gasteiger partial charge in [-0.1, -0.05) is 30.3 Å². The second-order valence-electron chi connectivity index (χ2n) is 3.68. The molecule has 88 valence electrons. The van der Waals surface area contributed by atoms with E-state index >= 15 is 0 Å². The van der Waals surface area contributed by atoms with E-state index in [0.717, 1.165) is 5.56 Å². The van der Waals surface area contributed by atoms with Gasteiger partial charge in [0.05, 0.1) is 12.6 Å². The number of benzene rings is 1. The first-order valence-electron chi connectivity index (χ1n) is 5.40. The fraction of sp³-hybridized carbons (Fsp3) is 0.417. The molecule has 0 bridgehead atoms. The number of hydrogen-bond donors (Lipinski definition) is 3. The van der Waals surface area contributed by atoms with E-state index in [1.54, 1.807) is 0 Å². The van der Waals surface area contributed by atoms with Crippen LogP contribution < -0.4 is 11.1 Å². The van der Waals surface area contributed by atoms with Crippen LogP contribution in [-0.2, 0) is 11.2 Å². The molecule has 0 aliphatic carbocycles. The molecule has 0 aliphatic rings. The monoisotopic (exact) mass is 222 g/mol. The van der Waals surface area contributed by atoms with Crippen molar-refractivity contribution in [3.8, 4) is 0 Å². The van der Waals surface area contributed by atoms with E-state index in [1.807, 2.05) is 30.3 Å². The molecule has 0 spiro atoms. The van der Waals surface area contributed by atoms with Gasteiger partial charge in [0.2, 0.25) is 5.91 Å². The molecule has 1 aromatic rings. The second kappa shape index (κ2) is 6.98. The summed E-state index contributed by atoms with van der Waals surface area (Å²) in [7, 11) is 0. The minimum absolute atomic E-state index is 0.0643. The van der Waals surface area contributed by atoms with Crippen LogP contribution in [0.2, 0.25) is 0 Å². The summed E-state index contributed by atoms with van der Waals surface area (Å²) in [6.07, 6.45) is 0.930. The Morgan fingerprint density at radius 3 is 2.62 bits per heavy atom. The number of aliphatic hydroxyl groups is 1. The zero-order chi connectivity index (χ0) is 11.8. The summed E-state index contributed by atoms with van der Waals surface area (Å²) in [6, 6.07) is 9.51. The van der Waals surface area contributed by atoms with E-state index < -0.39 is 0 Å². The molecule has 16 heavy (non-hydrogen) atoms. The minimum atomic E-state index is -0.235. The molecule has 4 heteroatoms. The standard InChI is InChI=1S/C12H18N2O2/c13-7-6-12(16)14-11(9-15)8-10-4-2-1-3-5-10/h1-5,11,15H,6-9,13H2,(H,14,16). The molecule has 1 aromatic carbocycles. The molecule has 0 aliphatic heterocycles. The summed E-state index contributed by atoms with van der Waals surface area (Å²) in [5.74, 6) is -0.113. The summed E-state index contributed by atoms with van der Waals surface area (Å²) in [6.45, 7) is 0.264. The topological polar surface area (TPSA) is 75.4 Å². The molecule has 0 saturated heterocycles. The Balaban J connectivity index is 2.46. The zero-order valence-corrected chi connectivity index (χ0v) is 9.23. The Kier molecular flexibility index (Phi) is 5.53. The molecule has 0 radical (unpaired) electrons. The summed E-state index contributed by atoms with van der Waals surface area (Å²) in [5.41, 5.74) is 6.37. The number of rotatable bonds is 6. The van der Waals surface area contributed by atoms with E-state index in [-0.39, 0.29) is 18.6 Å². The normalized spacial score (nSPS) is 12.1. The van der Waals surface area contributed by atoms with Gasteiger partial charge < -0.3 is 16.2 Å². The van der Waals surface area contributed by atoms with Gasteiger partial charge in [0.15, 0.2) is 0 Å². The van der Waals surface area contributed by atoms with Gasteiger partial charge in [-0.2, -0.15) is 0 Å². The van der Waals surface area contributed by atoms with Crippen molar-refractivity contribution in [3.63, 3.8) is 0 Å². The van der Waals surface area contributed by atoms with Gasteiger partial charge in [-0.3, -0.25) is 4.79 Å². The van der Waals surface area contributed by atoms with Gasteiger partial charge in [0.25, 0.3) is 0 Å². The average Bonchev–Trinajstić information content (AvgIpc) is 2.30. The van der Waals surface area contributed by atoms with Crippen molar-refractivity contribution < 1.29 is 9.90 Å². The van der Waals surface area contributed by atoms with Gasteiger partial charge in [-0.15, -0.1) is 0 Å². The lowest BCUT2D eigenvalue weighted by atomic mass is 10.1. The van der Waals surface area contributed by atoms with Gasteiger partial charge in [-0.05, 0) is 12.0 Å². The largest absolute Gasteiger partial charge is 0.394 e. The fourth-order valence-corrected chi connectivity index (χ4v) is 1.49. The van der Waals surface area contributed by atoms with Crippen LogP contribution in [-0.4, -0.2) is 30.2 Å². The average molecular weight is 222 g/mol. The van der Waals surface area contributed by atoms with Gasteiger partial charge in [0, 0.05) is 13.0 Å². The maximum absolute atomic E-state index is 11.3. The summed E-state index contributed by atoms with van der Waals surface area (Å²) in [5, 5.41) is 11.9. The molecule has 4 nitrogen and oxygen atoms in total. The van der Waals surface area contributed by atoms with E-state index in [9.17, 15) is 4.79 Å². The quantitative estimate of drug-likeness (QED) is 0.637. The van der Waals surface area contributed by atoms with Crippen molar-refractivity contribution in [2.24, 2.45) is 5.73 Å². The third kappa shape index (κ3) is 4.42. The highest BCUT2D eigenvalue weighted by molar-refractivity contribution is 5.76. The Morgan fingerprint density at radius 2 is 2.06 bits per heavy atom. The number of amides is 1. The first-order chi connectivity index (χ1) is 7.76. The lowest BCUT2D eigenvalue weighted by Gasteiger charge is -2.16. The number of nitrogens with two attached hydrogens (primary N) is 1. The fourth-order valence-electron chi connectivity index (χ4n) is 1.49. The van der Waals surface area contributed by atoms with Gasteiger partial charge in [-0.25, -0.2) is 0 Å². The number of nitrogens with one attached hydrogen (secondary N) is 1. The molecule has 0 aromatic heterocycles. The van der Waals surface area contributed by atoms with E-state index in [4.69, 9.17) is 10.8 Å². The van der Waals surface area contributed by atoms with Crippen LogP contribution >= 0.6 is 0 Å². The number of carbonyl (C=O) groups excluding carboxylic acids is 1. The summed E-state index contributed by atoms with van der Waals surface area (Å²) in [4.78, 5) is 11.3. The second-order valence-corrected chi connectivity index (χ2v) is 3.68. The van der Waals surface area contributed by atoms with Crippen molar-refractivity contribution in [1.82, 2.24) is 5.32 Å². The van der Waals surface area contributed by atoms with Gasteiger partial charge >= 0.3 is 0 Å². The van der Waals surface area contributed by atoms with Crippen LogP contribution in [0.3, 0.4) is 0 Å². The molecule has 1 rings (SSSR count). The molecule has 0 heterocycles. The lowest BCUT2D eigenvalue weighted by molar-refractivity contribution is -0.121. The maximum atomic E-state index is 11.3. The minimum Gasteiger partial charge on any atom is -0.394 e. The predicted molar refractivity (Wildman–Crippen MR) is 62.8 cm³/mol. The summed E-state index contributed by atoms with van der Waals surface area (Å²) >= 11 is 0. The number of hydrogen-bond acceptors (Lipinski definition) is 3. The Hall–Kier alpha value is -1.39. The SMILES string of the molecule is NCCC(=O)NC(CO)Cc1ccccc1. The van der Waals surface area contributed by atoms with E-state index in [0.29, 0.717) is 19.4 Å². The Labute approximate surface area is 95.5 Å². The van der Waals surface area contributed by atoms with Crippen LogP contribution in [0, 0.1) is 0 Å². The third-order valence-electron chi connectivity index (χ3n) is 2.28. The molecular weight excluding hydrogens is 204 g/mol. The molecular formula is C12H18N2O2. The first kappa shape index (κ1) is 12.7. The van der Waals surface area contributed by atoms with Crippen LogP contribution in [0.15, 0.2) is 30.3 Å². The van der Waals surface area contributed by atoms with E-state index in [2.05, 4.69) is 5.32 Å². The zero-order valence-electron chi connectivity index (χ0n) is 9.23. The Bertz CT molecular complexity index is 314. The molecule has 4 N–H and O–H groups in total. The van der Waals surface area contributed by atoms with Crippen LogP contribution in [0.25, 0.3) is 0 Å². The highest BCUT2D eigenvalue weighted by Gasteiger charge is 2.11. The molecule has 0 fully saturated rings. The molecule has 1 unspecified atom stereocenters. The lowest BCUT2D eigenvalue weighted by Crippen LogP contribution is -2.39. The molecule has 1 atom stereocenters. The van der Waals surface area contributed by atoms with Crippen molar-refractivity contribution in [2.45, 2.75) is 18.9 Å². The van der Waals surface area contributed by atoms with Crippen molar-refractivity contribution in [3.05, 3.63) is 35.9 Å². The Morgan fingerprint density at radius 1 is 1.38 bits per heavy atom. The first-order valence-corrected chi connectivity index (χ1v) is 5.40. The van der Waals surface area contributed by atoms with Crippen LogP contribution in [0.5, 0.6) is 0 Å². The molecule has 1 amide bonds. The third-order valence-corrected chi connectivity index (χ3v) is 2.28. The maximum Gasteiger partial charge on any atom is 0.221 e. The van der Waals surface area contributed by atoms with Crippen LogP contribution in [0.1, 0.15) is 12.0 Å². The smallest absolute Gasteiger partial charge is 0.221 e. The molecule has 0 saturated carbocycles. The number of aliphatic hydroxyl groups excluding tert-OH is 1. The van der Waals surface area contributed by atoms with Crippen molar-refractivity contribution >= 4 is 5.91 Å². The highest BCUT2D eigenvalue weighted by atomic mass is 16.3. The number of carbonyl (C=O) groups is 1. The van der Waals surface area contributed by atoms with Crippen molar-refractivity contribution in [2.75, 3.05) is 13.2 Å². The van der Waals surface area contributed by atoms with Crippen molar-refractivity contribution in [1.29, 1.82) is 0 Å². The van der Waals surface area contributed by atoms with E-state index in [1.165, 1.54) is 0 Å². The predicted octanol–water partition coefficient (Wildman–Crippen LogP) is 0.0550. The summed E-state index contributed by atoms with van der Waals surface area (Å²) < 4.78 is 0. The highest BCUT2D eigenvalue weighted by Crippen LogP contribution is 2.02. The van der Waals surface area contributed by atoms with Gasteiger partial charge in [0.1, 0.15) is 0 Å². The van der Waals surface area contributed by atoms with Crippen LogP contribution in [0.4, 0.5) is 0 Å².